The fraction of sp³-hybridized carbons (Fsp3) is 0.667. The summed E-state index contributed by atoms with van der Waals surface area (Å²) in [6.07, 6.45) is 5.97. The highest BCUT2D eigenvalue weighted by Crippen LogP contribution is 2.36. The van der Waals surface area contributed by atoms with Gasteiger partial charge >= 0.3 is 0 Å². The summed E-state index contributed by atoms with van der Waals surface area (Å²) in [5, 5.41) is 0.124. The highest BCUT2D eigenvalue weighted by molar-refractivity contribution is 6.31. The van der Waals surface area contributed by atoms with Crippen molar-refractivity contribution in [2.75, 3.05) is 0 Å². The van der Waals surface area contributed by atoms with Crippen LogP contribution in [0.2, 0.25) is 0 Å². The number of halogens is 2. The van der Waals surface area contributed by atoms with Gasteiger partial charge in [-0.15, -0.1) is 35.5 Å². The lowest BCUT2D eigenvalue weighted by Gasteiger charge is -2.32. The molecule has 0 heterocycles. The Morgan fingerprint density at radius 2 is 2.12 bits per heavy atom. The second kappa shape index (κ2) is 2.17. The molecule has 0 aromatic carbocycles. The highest BCUT2D eigenvalue weighted by atomic mass is 35.5. The molecular weight excluding hydrogens is 143 g/mol. The summed E-state index contributed by atoms with van der Waals surface area (Å²) in [6.45, 7) is 0. The predicted octanol–water partition coefficient (Wildman–Crippen LogP) is 1.85. The smallest absolute Gasteiger partial charge is 0.0637 e. The van der Waals surface area contributed by atoms with E-state index in [0.717, 1.165) is 6.42 Å². The van der Waals surface area contributed by atoms with E-state index in [1.165, 1.54) is 0 Å². The molecule has 1 aliphatic rings. The molecule has 0 aromatic rings. The molecule has 3 atom stereocenters. The summed E-state index contributed by atoms with van der Waals surface area (Å²) in [5.41, 5.74) is 0. The summed E-state index contributed by atoms with van der Waals surface area (Å²) < 4.78 is 0. The van der Waals surface area contributed by atoms with E-state index >= 15 is 0 Å². The van der Waals surface area contributed by atoms with Gasteiger partial charge in [-0.05, 0) is 6.42 Å². The molecule has 1 aliphatic carbocycles. The summed E-state index contributed by atoms with van der Waals surface area (Å²) in [4.78, 5) is 0. The first-order valence-electron chi connectivity index (χ1n) is 2.50. The Bertz CT molecular complexity index is 125. The number of rotatable bonds is 0. The first-order valence-corrected chi connectivity index (χ1v) is 3.37. The molecule has 0 spiro atoms. The SMILES string of the molecule is C#C[C@@H]1C[C@@H](Cl)[C@H]1Cl. The molecule has 0 amide bonds. The number of terminal acetylenes is 1. The van der Waals surface area contributed by atoms with Crippen molar-refractivity contribution in [3.63, 3.8) is 0 Å². The zero-order chi connectivity index (χ0) is 6.15. The number of hydrogen-bond acceptors (Lipinski definition) is 0. The molecule has 1 rings (SSSR count). The van der Waals surface area contributed by atoms with Crippen LogP contribution >= 0.6 is 23.2 Å². The quantitative estimate of drug-likeness (QED) is 0.364. The van der Waals surface area contributed by atoms with Gasteiger partial charge in [0.1, 0.15) is 0 Å². The van der Waals surface area contributed by atoms with Gasteiger partial charge < -0.3 is 0 Å². The van der Waals surface area contributed by atoms with Crippen LogP contribution in [-0.2, 0) is 0 Å². The van der Waals surface area contributed by atoms with E-state index in [9.17, 15) is 0 Å². The topological polar surface area (TPSA) is 0 Å². The van der Waals surface area contributed by atoms with Gasteiger partial charge in [0.2, 0.25) is 0 Å². The van der Waals surface area contributed by atoms with Crippen LogP contribution in [0.4, 0.5) is 0 Å². The van der Waals surface area contributed by atoms with Crippen molar-refractivity contribution in [1.29, 1.82) is 0 Å². The van der Waals surface area contributed by atoms with Gasteiger partial charge in [0, 0.05) is 5.92 Å². The van der Waals surface area contributed by atoms with Crippen LogP contribution in [0.25, 0.3) is 0 Å². The average molecular weight is 149 g/mol. The third-order valence-electron chi connectivity index (χ3n) is 1.42. The molecule has 0 aromatic heterocycles. The second-order valence-electron chi connectivity index (χ2n) is 1.97. The Labute approximate surface area is 59.2 Å². The van der Waals surface area contributed by atoms with Crippen LogP contribution in [-0.4, -0.2) is 10.8 Å². The Hall–Kier alpha value is 0.140. The first kappa shape index (κ1) is 6.26. The Balaban J connectivity index is 2.39. The molecule has 0 saturated heterocycles. The fourth-order valence-electron chi connectivity index (χ4n) is 0.719. The molecule has 0 nitrogen and oxygen atoms in total. The number of alkyl halides is 2. The molecule has 0 bridgehead atoms. The largest absolute Gasteiger partial charge is 0.121 e. The molecule has 0 unspecified atom stereocenters. The van der Waals surface area contributed by atoms with E-state index in [4.69, 9.17) is 29.6 Å². The maximum absolute atomic E-state index is 5.69. The van der Waals surface area contributed by atoms with E-state index in [1.807, 2.05) is 0 Å². The van der Waals surface area contributed by atoms with Gasteiger partial charge in [-0.3, -0.25) is 0 Å². The van der Waals surface area contributed by atoms with Crippen LogP contribution in [0, 0.1) is 18.3 Å². The van der Waals surface area contributed by atoms with Crippen LogP contribution in [0.15, 0.2) is 0 Å². The van der Waals surface area contributed by atoms with Crippen molar-refractivity contribution in [2.45, 2.75) is 17.2 Å². The molecule has 2 heteroatoms. The standard InChI is InChI=1S/C6H6Cl2/c1-2-4-3-5(7)6(4)8/h1,4-6H,3H2/t4-,5-,6+/m1/s1. The van der Waals surface area contributed by atoms with Crippen molar-refractivity contribution < 1.29 is 0 Å². The van der Waals surface area contributed by atoms with E-state index < -0.39 is 0 Å². The molecule has 0 N–H and O–H groups in total. The lowest BCUT2D eigenvalue weighted by atomic mass is 9.85. The lowest BCUT2D eigenvalue weighted by Crippen LogP contribution is -2.37. The predicted molar refractivity (Wildman–Crippen MR) is 36.2 cm³/mol. The van der Waals surface area contributed by atoms with Gasteiger partial charge in [-0.1, -0.05) is 0 Å². The Morgan fingerprint density at radius 1 is 1.50 bits per heavy atom. The molecule has 0 radical (unpaired) electrons. The normalized spacial score (nSPS) is 44.9. The fourth-order valence-corrected chi connectivity index (χ4v) is 1.36. The minimum atomic E-state index is 0.0154. The van der Waals surface area contributed by atoms with Crippen LogP contribution in [0.1, 0.15) is 6.42 Å². The van der Waals surface area contributed by atoms with Crippen LogP contribution in [0.5, 0.6) is 0 Å². The average Bonchev–Trinajstić information content (AvgIpc) is 1.81. The van der Waals surface area contributed by atoms with E-state index in [2.05, 4.69) is 5.92 Å². The van der Waals surface area contributed by atoms with E-state index in [1.54, 1.807) is 0 Å². The third-order valence-corrected chi connectivity index (χ3v) is 2.61. The maximum Gasteiger partial charge on any atom is 0.0637 e. The van der Waals surface area contributed by atoms with Crippen molar-refractivity contribution in [1.82, 2.24) is 0 Å². The van der Waals surface area contributed by atoms with Gasteiger partial charge in [0.15, 0.2) is 0 Å². The lowest BCUT2D eigenvalue weighted by molar-refractivity contribution is 0.421. The minimum absolute atomic E-state index is 0.0154. The van der Waals surface area contributed by atoms with Gasteiger partial charge in [0.05, 0.1) is 10.8 Å². The van der Waals surface area contributed by atoms with Crippen molar-refractivity contribution in [2.24, 2.45) is 5.92 Å². The molecule has 44 valence electrons. The van der Waals surface area contributed by atoms with Crippen LogP contribution in [0.3, 0.4) is 0 Å². The minimum Gasteiger partial charge on any atom is -0.121 e. The summed E-state index contributed by atoms with van der Waals surface area (Å²) in [6, 6.07) is 0. The van der Waals surface area contributed by atoms with Gasteiger partial charge in [0.25, 0.3) is 0 Å². The first-order chi connectivity index (χ1) is 3.75. The van der Waals surface area contributed by atoms with E-state index in [0.29, 0.717) is 0 Å². The second-order valence-corrected chi connectivity index (χ2v) is 3.03. The zero-order valence-electron chi connectivity index (χ0n) is 4.27. The van der Waals surface area contributed by atoms with Crippen molar-refractivity contribution in [3.05, 3.63) is 0 Å². The van der Waals surface area contributed by atoms with Crippen molar-refractivity contribution >= 4 is 23.2 Å². The number of hydrogen-bond donors (Lipinski definition) is 0. The molecule has 0 aliphatic heterocycles. The molecule has 1 fully saturated rings. The zero-order valence-corrected chi connectivity index (χ0v) is 5.78. The Morgan fingerprint density at radius 3 is 2.25 bits per heavy atom. The summed E-state index contributed by atoms with van der Waals surface area (Å²) in [5.74, 6) is 2.79. The molecule has 8 heavy (non-hydrogen) atoms. The highest BCUT2D eigenvalue weighted by Gasteiger charge is 2.36. The van der Waals surface area contributed by atoms with Crippen LogP contribution < -0.4 is 0 Å². The van der Waals surface area contributed by atoms with Gasteiger partial charge in [-0.25, -0.2) is 0 Å². The monoisotopic (exact) mass is 148 g/mol. The summed E-state index contributed by atoms with van der Waals surface area (Å²) >= 11 is 11.3. The maximum atomic E-state index is 5.69. The van der Waals surface area contributed by atoms with E-state index in [-0.39, 0.29) is 16.7 Å². The van der Waals surface area contributed by atoms with Crippen molar-refractivity contribution in [3.8, 4) is 12.3 Å². The Kier molecular flexibility index (Phi) is 1.70. The molecule has 1 saturated carbocycles. The van der Waals surface area contributed by atoms with Gasteiger partial charge in [-0.2, -0.15) is 0 Å². The summed E-state index contributed by atoms with van der Waals surface area (Å²) in [7, 11) is 0. The third kappa shape index (κ3) is 0.811. The molecular formula is C6H6Cl2.